The van der Waals surface area contributed by atoms with Gasteiger partial charge in [0, 0.05) is 17.8 Å². The van der Waals surface area contributed by atoms with Gasteiger partial charge in [0.1, 0.15) is 5.75 Å². The van der Waals surface area contributed by atoms with Crippen LogP contribution in [0.1, 0.15) is 11.1 Å². The molecule has 0 aliphatic rings. The minimum absolute atomic E-state index is 0.0181. The van der Waals surface area contributed by atoms with Crippen molar-refractivity contribution in [2.75, 3.05) is 5.32 Å². The van der Waals surface area contributed by atoms with Crippen molar-refractivity contribution in [2.24, 2.45) is 0 Å². The maximum Gasteiger partial charge on any atom is 0.416 e. The Labute approximate surface area is 124 Å². The van der Waals surface area contributed by atoms with Crippen LogP contribution in [0.2, 0.25) is 0 Å². The van der Waals surface area contributed by atoms with Gasteiger partial charge in [-0.2, -0.15) is 13.2 Å². The normalized spacial score (nSPS) is 11.6. The van der Waals surface area contributed by atoms with E-state index < -0.39 is 17.6 Å². The molecule has 114 valence electrons. The molecule has 0 heterocycles. The summed E-state index contributed by atoms with van der Waals surface area (Å²) >= 11 is 0. The van der Waals surface area contributed by atoms with Crippen LogP contribution in [0.3, 0.4) is 0 Å². The summed E-state index contributed by atoms with van der Waals surface area (Å²) in [5.41, 5.74) is 0.148. The van der Waals surface area contributed by atoms with Crippen molar-refractivity contribution < 1.29 is 23.1 Å². The summed E-state index contributed by atoms with van der Waals surface area (Å²) in [5.74, 6) is -0.435. The zero-order valence-electron chi connectivity index (χ0n) is 11.3. The SMILES string of the molecule is O=C(/C=C/c1ccc(C(F)(F)F)cc1)Nc1cccc(O)c1. The van der Waals surface area contributed by atoms with Crippen molar-refractivity contribution in [3.8, 4) is 5.75 Å². The van der Waals surface area contributed by atoms with Gasteiger partial charge in [0.05, 0.1) is 5.56 Å². The Bertz CT molecular complexity index is 691. The minimum atomic E-state index is -4.38. The Morgan fingerprint density at radius 2 is 1.77 bits per heavy atom. The van der Waals surface area contributed by atoms with E-state index in [2.05, 4.69) is 5.32 Å². The number of nitrogens with one attached hydrogen (secondary N) is 1. The summed E-state index contributed by atoms with van der Waals surface area (Å²) in [4.78, 5) is 11.7. The second-order valence-electron chi connectivity index (χ2n) is 4.49. The average Bonchev–Trinajstić information content (AvgIpc) is 2.45. The molecule has 22 heavy (non-hydrogen) atoms. The zero-order valence-corrected chi connectivity index (χ0v) is 11.3. The number of rotatable bonds is 3. The van der Waals surface area contributed by atoms with Crippen LogP contribution in [0.5, 0.6) is 5.75 Å². The molecule has 1 amide bonds. The first-order chi connectivity index (χ1) is 10.3. The standard InChI is InChI=1S/C16H12F3NO2/c17-16(18,19)12-7-4-11(5-8-12)6-9-15(22)20-13-2-1-3-14(21)10-13/h1-10,21H,(H,20,22)/b9-6+. The molecular formula is C16H12F3NO2. The van der Waals surface area contributed by atoms with Gasteiger partial charge in [0.25, 0.3) is 0 Å². The van der Waals surface area contributed by atoms with E-state index in [0.29, 0.717) is 11.3 Å². The van der Waals surface area contributed by atoms with Gasteiger partial charge in [-0.3, -0.25) is 4.79 Å². The predicted octanol–water partition coefficient (Wildman–Crippen LogP) is 4.06. The van der Waals surface area contributed by atoms with Gasteiger partial charge in [0.15, 0.2) is 0 Å². The minimum Gasteiger partial charge on any atom is -0.508 e. The summed E-state index contributed by atoms with van der Waals surface area (Å²) in [7, 11) is 0. The van der Waals surface area contributed by atoms with Crippen LogP contribution in [0.15, 0.2) is 54.6 Å². The monoisotopic (exact) mass is 307 g/mol. The highest BCUT2D eigenvalue weighted by Gasteiger charge is 2.29. The summed E-state index contributed by atoms with van der Waals surface area (Å²) < 4.78 is 37.2. The van der Waals surface area contributed by atoms with E-state index in [1.165, 1.54) is 36.4 Å². The van der Waals surface area contributed by atoms with Crippen molar-refractivity contribution in [2.45, 2.75) is 6.18 Å². The molecule has 2 aromatic carbocycles. The summed E-state index contributed by atoms with van der Waals surface area (Å²) in [5, 5.41) is 11.8. The number of halogens is 3. The fourth-order valence-corrected chi connectivity index (χ4v) is 1.72. The lowest BCUT2D eigenvalue weighted by molar-refractivity contribution is -0.137. The van der Waals surface area contributed by atoms with Gasteiger partial charge in [0.2, 0.25) is 5.91 Å². The predicted molar refractivity (Wildman–Crippen MR) is 77.2 cm³/mol. The number of alkyl halides is 3. The van der Waals surface area contributed by atoms with Gasteiger partial charge >= 0.3 is 6.18 Å². The second kappa shape index (κ2) is 6.34. The van der Waals surface area contributed by atoms with Crippen molar-refractivity contribution in [1.29, 1.82) is 0 Å². The van der Waals surface area contributed by atoms with Crippen LogP contribution in [0.25, 0.3) is 6.08 Å². The van der Waals surface area contributed by atoms with Crippen molar-refractivity contribution >= 4 is 17.7 Å². The number of carbonyl (C=O) groups is 1. The second-order valence-corrected chi connectivity index (χ2v) is 4.49. The molecule has 6 heteroatoms. The lowest BCUT2D eigenvalue weighted by Gasteiger charge is -2.06. The fourth-order valence-electron chi connectivity index (χ4n) is 1.72. The molecule has 2 N–H and O–H groups in total. The third-order valence-electron chi connectivity index (χ3n) is 2.78. The molecule has 0 saturated heterocycles. The van der Waals surface area contributed by atoms with E-state index in [4.69, 9.17) is 0 Å². The largest absolute Gasteiger partial charge is 0.508 e. The van der Waals surface area contributed by atoms with Crippen molar-refractivity contribution in [3.63, 3.8) is 0 Å². The van der Waals surface area contributed by atoms with Crippen molar-refractivity contribution in [3.05, 3.63) is 65.7 Å². The zero-order chi connectivity index (χ0) is 16.2. The van der Waals surface area contributed by atoms with Gasteiger partial charge in [-0.25, -0.2) is 0 Å². The van der Waals surface area contributed by atoms with Crippen LogP contribution >= 0.6 is 0 Å². The lowest BCUT2D eigenvalue weighted by atomic mass is 10.1. The number of hydrogen-bond acceptors (Lipinski definition) is 2. The van der Waals surface area contributed by atoms with Gasteiger partial charge in [-0.05, 0) is 35.9 Å². The van der Waals surface area contributed by atoms with E-state index >= 15 is 0 Å². The molecule has 0 unspecified atom stereocenters. The molecule has 0 spiro atoms. The number of hydrogen-bond donors (Lipinski definition) is 2. The Morgan fingerprint density at radius 3 is 2.36 bits per heavy atom. The van der Waals surface area contributed by atoms with E-state index in [1.807, 2.05) is 0 Å². The van der Waals surface area contributed by atoms with Gasteiger partial charge in [-0.1, -0.05) is 18.2 Å². The number of carbonyl (C=O) groups excluding carboxylic acids is 1. The Hall–Kier alpha value is -2.76. The summed E-state index contributed by atoms with van der Waals surface area (Å²) in [6.07, 6.45) is -1.78. The first-order valence-corrected chi connectivity index (χ1v) is 6.30. The number of phenolic OH excluding ortho intramolecular Hbond substituents is 1. The molecule has 0 fully saturated rings. The average molecular weight is 307 g/mol. The summed E-state index contributed by atoms with van der Waals surface area (Å²) in [6, 6.07) is 10.5. The number of amides is 1. The van der Waals surface area contributed by atoms with Crippen LogP contribution in [0.4, 0.5) is 18.9 Å². The molecule has 0 aliphatic heterocycles. The highest BCUT2D eigenvalue weighted by atomic mass is 19.4. The number of benzene rings is 2. The highest BCUT2D eigenvalue weighted by molar-refractivity contribution is 6.02. The fraction of sp³-hybridized carbons (Fsp3) is 0.0625. The molecule has 2 rings (SSSR count). The van der Waals surface area contributed by atoms with Gasteiger partial charge < -0.3 is 10.4 Å². The molecular weight excluding hydrogens is 295 g/mol. The van der Waals surface area contributed by atoms with E-state index in [1.54, 1.807) is 12.1 Å². The first kappa shape index (κ1) is 15.6. The third-order valence-corrected chi connectivity index (χ3v) is 2.78. The van der Waals surface area contributed by atoms with Gasteiger partial charge in [-0.15, -0.1) is 0 Å². The lowest BCUT2D eigenvalue weighted by Crippen LogP contribution is -2.07. The van der Waals surface area contributed by atoms with Crippen molar-refractivity contribution in [1.82, 2.24) is 0 Å². The molecule has 0 aliphatic carbocycles. The van der Waals surface area contributed by atoms with E-state index in [0.717, 1.165) is 12.1 Å². The number of aromatic hydroxyl groups is 1. The van der Waals surface area contributed by atoms with Crippen LogP contribution in [-0.2, 0) is 11.0 Å². The smallest absolute Gasteiger partial charge is 0.416 e. The number of phenols is 1. The molecule has 0 atom stereocenters. The molecule has 0 radical (unpaired) electrons. The van der Waals surface area contributed by atoms with Crippen LogP contribution < -0.4 is 5.32 Å². The molecule has 0 aromatic heterocycles. The maximum absolute atomic E-state index is 12.4. The first-order valence-electron chi connectivity index (χ1n) is 6.30. The Morgan fingerprint density at radius 1 is 1.09 bits per heavy atom. The van der Waals surface area contributed by atoms with E-state index in [-0.39, 0.29) is 5.75 Å². The topological polar surface area (TPSA) is 49.3 Å². The molecule has 0 bridgehead atoms. The molecule has 2 aromatic rings. The Kier molecular flexibility index (Phi) is 4.50. The van der Waals surface area contributed by atoms with Crippen LogP contribution in [0, 0.1) is 0 Å². The molecule has 3 nitrogen and oxygen atoms in total. The summed E-state index contributed by atoms with van der Waals surface area (Å²) in [6.45, 7) is 0. The van der Waals surface area contributed by atoms with E-state index in [9.17, 15) is 23.1 Å². The third kappa shape index (κ3) is 4.37. The van der Waals surface area contributed by atoms with Crippen LogP contribution in [-0.4, -0.2) is 11.0 Å². The highest BCUT2D eigenvalue weighted by Crippen LogP contribution is 2.29. The molecule has 0 saturated carbocycles. The Balaban J connectivity index is 2.00. The quantitative estimate of drug-likeness (QED) is 0.840. The maximum atomic E-state index is 12.4. The number of anilines is 1.